The van der Waals surface area contributed by atoms with Crippen LogP contribution in [0.25, 0.3) is 77.2 Å². The Labute approximate surface area is 277 Å². The van der Waals surface area contributed by atoms with Crippen LogP contribution in [0, 0.1) is 22.7 Å². The normalized spacial score (nSPS) is 11.3. The summed E-state index contributed by atoms with van der Waals surface area (Å²) in [5, 5.41) is 24.3. The Morgan fingerprint density at radius 2 is 1.00 bits per heavy atom. The van der Waals surface area contributed by atoms with E-state index in [4.69, 9.17) is 0 Å². The summed E-state index contributed by atoms with van der Waals surface area (Å²) < 4.78 is 4.64. The molecular formula is C44H26N4. The van der Waals surface area contributed by atoms with Crippen LogP contribution in [0.2, 0.25) is 0 Å². The number of para-hydroxylation sites is 3. The minimum atomic E-state index is 0.626. The summed E-state index contributed by atoms with van der Waals surface area (Å²) in [6.45, 7) is 0. The average molecular weight is 611 g/mol. The summed E-state index contributed by atoms with van der Waals surface area (Å²) in [5.74, 6) is 0. The van der Waals surface area contributed by atoms with E-state index in [1.165, 1.54) is 10.8 Å². The first-order valence-corrected chi connectivity index (χ1v) is 15.9. The smallest absolute Gasteiger partial charge is 0.0998 e. The third-order valence-corrected chi connectivity index (χ3v) is 9.39. The topological polar surface area (TPSA) is 57.4 Å². The molecule has 0 bridgehead atoms. The zero-order valence-corrected chi connectivity index (χ0v) is 25.8. The van der Waals surface area contributed by atoms with Crippen molar-refractivity contribution >= 4 is 43.6 Å². The van der Waals surface area contributed by atoms with Gasteiger partial charge in [0.05, 0.1) is 51.0 Å². The van der Waals surface area contributed by atoms with Gasteiger partial charge in [-0.3, -0.25) is 0 Å². The molecule has 222 valence electrons. The first-order valence-electron chi connectivity index (χ1n) is 15.9. The molecule has 0 aliphatic rings. The molecule has 0 N–H and O–H groups in total. The van der Waals surface area contributed by atoms with Gasteiger partial charge in [0.2, 0.25) is 0 Å². The fourth-order valence-electron chi connectivity index (χ4n) is 7.28. The molecule has 0 aliphatic heterocycles. The lowest BCUT2D eigenvalue weighted by molar-refractivity contribution is 1.17. The van der Waals surface area contributed by atoms with Crippen LogP contribution in [0.5, 0.6) is 0 Å². The van der Waals surface area contributed by atoms with E-state index in [-0.39, 0.29) is 0 Å². The molecule has 0 radical (unpaired) electrons. The van der Waals surface area contributed by atoms with Crippen molar-refractivity contribution in [1.29, 1.82) is 10.5 Å². The second-order valence-corrected chi connectivity index (χ2v) is 12.0. The summed E-state index contributed by atoms with van der Waals surface area (Å²) >= 11 is 0. The summed E-state index contributed by atoms with van der Waals surface area (Å²) in [5.41, 5.74) is 11.7. The quantitative estimate of drug-likeness (QED) is 0.199. The Bertz CT molecular complexity index is 2760. The Morgan fingerprint density at radius 1 is 0.396 bits per heavy atom. The Balaban J connectivity index is 1.34. The van der Waals surface area contributed by atoms with Gasteiger partial charge in [-0.1, -0.05) is 97.1 Å². The van der Waals surface area contributed by atoms with Gasteiger partial charge in [-0.15, -0.1) is 0 Å². The van der Waals surface area contributed by atoms with Gasteiger partial charge >= 0.3 is 0 Å². The Hall–Kier alpha value is -6.88. The van der Waals surface area contributed by atoms with Gasteiger partial charge in [0.25, 0.3) is 0 Å². The number of benzene rings is 7. The first-order chi connectivity index (χ1) is 23.7. The minimum Gasteiger partial charge on any atom is -0.309 e. The summed E-state index contributed by atoms with van der Waals surface area (Å²) in [6.07, 6.45) is 0. The van der Waals surface area contributed by atoms with E-state index in [1.807, 2.05) is 48.5 Å². The van der Waals surface area contributed by atoms with Crippen LogP contribution in [0.4, 0.5) is 0 Å². The molecule has 9 aromatic rings. The maximum atomic E-state index is 9.99. The zero-order chi connectivity index (χ0) is 32.2. The van der Waals surface area contributed by atoms with Crippen molar-refractivity contribution < 1.29 is 0 Å². The van der Waals surface area contributed by atoms with Crippen molar-refractivity contribution in [3.8, 4) is 45.8 Å². The van der Waals surface area contributed by atoms with E-state index in [2.05, 4.69) is 130 Å². The zero-order valence-electron chi connectivity index (χ0n) is 25.8. The molecule has 7 aromatic carbocycles. The molecule has 2 heterocycles. The number of hydrogen-bond donors (Lipinski definition) is 0. The third-order valence-electron chi connectivity index (χ3n) is 9.39. The van der Waals surface area contributed by atoms with Crippen LogP contribution < -0.4 is 0 Å². The van der Waals surface area contributed by atoms with Gasteiger partial charge < -0.3 is 9.13 Å². The SMILES string of the molecule is N#Cc1ccc2c(c1)c1ccccc1n2-c1cc(-c2ccccc2C#N)ccc1-c1cccc(-n2c3ccccc3c3ccccc32)c1. The number of hydrogen-bond acceptors (Lipinski definition) is 2. The van der Waals surface area contributed by atoms with Gasteiger partial charge in [-0.05, 0) is 77.4 Å². The number of nitriles is 2. The number of rotatable bonds is 4. The van der Waals surface area contributed by atoms with E-state index >= 15 is 0 Å². The summed E-state index contributed by atoms with van der Waals surface area (Å²) in [4.78, 5) is 0. The van der Waals surface area contributed by atoms with Crippen LogP contribution in [0.1, 0.15) is 11.1 Å². The lowest BCUT2D eigenvalue weighted by atomic mass is 9.95. The maximum Gasteiger partial charge on any atom is 0.0998 e. The molecule has 0 spiro atoms. The highest BCUT2D eigenvalue weighted by Gasteiger charge is 2.19. The molecule has 0 saturated heterocycles. The van der Waals surface area contributed by atoms with E-state index in [0.717, 1.165) is 66.5 Å². The van der Waals surface area contributed by atoms with Crippen molar-refractivity contribution in [2.24, 2.45) is 0 Å². The number of fused-ring (bicyclic) bond motifs is 6. The molecule has 2 aromatic heterocycles. The van der Waals surface area contributed by atoms with Crippen LogP contribution >= 0.6 is 0 Å². The van der Waals surface area contributed by atoms with Gasteiger partial charge in [-0.25, -0.2) is 0 Å². The van der Waals surface area contributed by atoms with E-state index in [9.17, 15) is 10.5 Å². The highest BCUT2D eigenvalue weighted by atomic mass is 15.0. The summed E-state index contributed by atoms with van der Waals surface area (Å²) in [7, 11) is 0. The molecule has 9 rings (SSSR count). The maximum absolute atomic E-state index is 9.99. The molecule has 4 nitrogen and oxygen atoms in total. The standard InChI is InChI=1S/C44H26N4/c45-27-29-20-23-43-39(24-29)38-16-5-8-19-42(38)48(43)44-26-31(34-13-2-1-10-32(34)28-46)21-22-35(44)30-11-9-12-33(25-30)47-40-17-6-3-14-36(40)37-15-4-7-18-41(37)47/h1-26H. The molecule has 0 atom stereocenters. The van der Waals surface area contributed by atoms with Crippen molar-refractivity contribution in [2.75, 3.05) is 0 Å². The van der Waals surface area contributed by atoms with E-state index in [0.29, 0.717) is 11.1 Å². The fraction of sp³-hybridized carbons (Fsp3) is 0. The lowest BCUT2D eigenvalue weighted by Crippen LogP contribution is -2.00. The van der Waals surface area contributed by atoms with Gasteiger partial charge in [0, 0.05) is 32.8 Å². The van der Waals surface area contributed by atoms with Crippen LogP contribution in [0.15, 0.2) is 158 Å². The minimum absolute atomic E-state index is 0.626. The largest absolute Gasteiger partial charge is 0.309 e. The molecular weight excluding hydrogens is 585 g/mol. The van der Waals surface area contributed by atoms with E-state index < -0.39 is 0 Å². The van der Waals surface area contributed by atoms with Crippen molar-refractivity contribution in [1.82, 2.24) is 9.13 Å². The van der Waals surface area contributed by atoms with Crippen molar-refractivity contribution in [3.63, 3.8) is 0 Å². The van der Waals surface area contributed by atoms with Crippen LogP contribution in [-0.2, 0) is 0 Å². The van der Waals surface area contributed by atoms with Gasteiger partial charge in [0.15, 0.2) is 0 Å². The predicted octanol–water partition coefficient (Wildman–Crippen LogP) is 11.0. The molecule has 0 fully saturated rings. The highest BCUT2D eigenvalue weighted by Crippen LogP contribution is 2.40. The monoisotopic (exact) mass is 610 g/mol. The molecule has 0 unspecified atom stereocenters. The first kappa shape index (κ1) is 27.4. The van der Waals surface area contributed by atoms with Crippen molar-refractivity contribution in [2.45, 2.75) is 0 Å². The second-order valence-electron chi connectivity index (χ2n) is 12.0. The lowest BCUT2D eigenvalue weighted by Gasteiger charge is -2.18. The van der Waals surface area contributed by atoms with Crippen LogP contribution in [0.3, 0.4) is 0 Å². The molecule has 0 aliphatic carbocycles. The molecule has 48 heavy (non-hydrogen) atoms. The van der Waals surface area contributed by atoms with Crippen LogP contribution in [-0.4, -0.2) is 9.13 Å². The molecule has 0 saturated carbocycles. The average Bonchev–Trinajstić information content (AvgIpc) is 3.67. The van der Waals surface area contributed by atoms with E-state index in [1.54, 1.807) is 0 Å². The molecule has 4 heteroatoms. The predicted molar refractivity (Wildman–Crippen MR) is 195 cm³/mol. The third kappa shape index (κ3) is 4.14. The van der Waals surface area contributed by atoms with Crippen molar-refractivity contribution in [3.05, 3.63) is 169 Å². The fourth-order valence-corrected chi connectivity index (χ4v) is 7.28. The van der Waals surface area contributed by atoms with Gasteiger partial charge in [0.1, 0.15) is 0 Å². The number of nitrogens with zero attached hydrogens (tertiary/aromatic N) is 4. The Morgan fingerprint density at radius 3 is 1.71 bits per heavy atom. The highest BCUT2D eigenvalue weighted by molar-refractivity contribution is 6.11. The Kier molecular flexibility index (Phi) is 6.22. The molecule has 0 amide bonds. The second kappa shape index (κ2) is 10.9. The number of aromatic nitrogens is 2. The van der Waals surface area contributed by atoms with Gasteiger partial charge in [-0.2, -0.15) is 10.5 Å². The summed E-state index contributed by atoms with van der Waals surface area (Å²) in [6, 6.07) is 59.0.